The van der Waals surface area contributed by atoms with Crippen molar-refractivity contribution < 1.29 is 13.9 Å². The Bertz CT molecular complexity index is 1200. The zero-order chi connectivity index (χ0) is 36.8. The van der Waals surface area contributed by atoms with Crippen molar-refractivity contribution in [2.75, 3.05) is 20.8 Å². The summed E-state index contributed by atoms with van der Waals surface area (Å²) in [6.07, 6.45) is 12.7. The van der Waals surface area contributed by atoms with Crippen LogP contribution in [0, 0.1) is 18.7 Å². The highest BCUT2D eigenvalue weighted by Crippen LogP contribution is 2.26. The van der Waals surface area contributed by atoms with E-state index in [0.717, 1.165) is 48.6 Å². The summed E-state index contributed by atoms with van der Waals surface area (Å²) in [6, 6.07) is 10.6. The van der Waals surface area contributed by atoms with Crippen LogP contribution in [0.1, 0.15) is 136 Å². The predicted octanol–water partition coefficient (Wildman–Crippen LogP) is 12.9. The number of carbonyl (C=O) groups is 1. The number of aryl methyl sites for hydroxylation is 2. The van der Waals surface area contributed by atoms with E-state index in [-0.39, 0.29) is 11.6 Å². The van der Waals surface area contributed by atoms with E-state index in [2.05, 4.69) is 78.2 Å². The Kier molecular flexibility index (Phi) is 32.2. The Morgan fingerprint density at radius 3 is 1.87 bits per heavy atom. The summed E-state index contributed by atoms with van der Waals surface area (Å²) in [6.45, 7) is 28.9. The number of hydrogen-bond acceptors (Lipinski definition) is 4. The van der Waals surface area contributed by atoms with E-state index in [9.17, 15) is 9.18 Å². The third-order valence-corrected chi connectivity index (χ3v) is 7.31. The zero-order valence-corrected chi connectivity index (χ0v) is 32.6. The minimum atomic E-state index is -0.351. The maximum atomic E-state index is 14.1. The molecule has 2 aromatic rings. The number of nitrogens with zero attached hydrogens (tertiary/aromatic N) is 2. The summed E-state index contributed by atoms with van der Waals surface area (Å²) >= 11 is 0. The lowest BCUT2D eigenvalue weighted by molar-refractivity contribution is 0.101. The van der Waals surface area contributed by atoms with E-state index in [4.69, 9.17) is 4.74 Å². The molecule has 0 amide bonds. The average Bonchev–Trinajstić information content (AvgIpc) is 3.03. The fourth-order valence-electron chi connectivity index (χ4n) is 4.24. The zero-order valence-electron chi connectivity index (χ0n) is 32.6. The molecule has 0 aliphatic carbocycles. The van der Waals surface area contributed by atoms with Gasteiger partial charge in [0, 0.05) is 43.8 Å². The highest BCUT2D eigenvalue weighted by Gasteiger charge is 2.09. The van der Waals surface area contributed by atoms with Gasteiger partial charge in [-0.05, 0) is 102 Å². The molecular weight excluding hydrogens is 583 g/mol. The number of aliphatic imine (C=N–C) groups is 2. The topological polar surface area (TPSA) is 51.0 Å². The third kappa shape index (κ3) is 24.6. The fourth-order valence-corrected chi connectivity index (χ4v) is 4.24. The van der Waals surface area contributed by atoms with E-state index in [1.807, 2.05) is 45.2 Å². The first kappa shape index (κ1) is 48.2. The van der Waals surface area contributed by atoms with Crippen molar-refractivity contribution in [1.29, 1.82) is 0 Å². The SMILES string of the molecule is C/C=C(\C=NC(C)=C(C)C)CC.C=NC.CCCC(C)CCC.CCCOC.CCc1ccc(-c2ccc(C(C)=O)cc2F)cc1C. The normalized spacial score (nSPS) is 10.3. The summed E-state index contributed by atoms with van der Waals surface area (Å²) in [5.74, 6) is 0.490. The number of ketones is 1. The summed E-state index contributed by atoms with van der Waals surface area (Å²) in [7, 11) is 3.35. The van der Waals surface area contributed by atoms with Gasteiger partial charge in [-0.15, -0.1) is 0 Å². The number of rotatable bonds is 12. The lowest BCUT2D eigenvalue weighted by Gasteiger charge is -2.09. The van der Waals surface area contributed by atoms with E-state index in [0.29, 0.717) is 11.1 Å². The van der Waals surface area contributed by atoms with Crippen molar-refractivity contribution in [2.24, 2.45) is 15.9 Å². The van der Waals surface area contributed by atoms with Gasteiger partial charge in [-0.3, -0.25) is 9.79 Å². The van der Waals surface area contributed by atoms with Crippen molar-refractivity contribution in [3.05, 3.63) is 81.8 Å². The Morgan fingerprint density at radius 2 is 1.53 bits per heavy atom. The van der Waals surface area contributed by atoms with Crippen LogP contribution < -0.4 is 0 Å². The molecule has 0 aliphatic rings. The summed E-state index contributed by atoms with van der Waals surface area (Å²) in [4.78, 5) is 18.8. The fraction of sp³-hybridized carbons (Fsp3) is 0.548. The monoisotopic (exact) mass is 653 g/mol. The van der Waals surface area contributed by atoms with E-state index in [1.54, 1.807) is 26.3 Å². The highest BCUT2D eigenvalue weighted by atomic mass is 19.1. The van der Waals surface area contributed by atoms with Crippen LogP contribution in [0.2, 0.25) is 0 Å². The molecule has 5 heteroatoms. The van der Waals surface area contributed by atoms with Crippen LogP contribution >= 0.6 is 0 Å². The third-order valence-electron chi connectivity index (χ3n) is 7.31. The second-order valence-corrected chi connectivity index (χ2v) is 11.8. The second kappa shape index (κ2) is 31.4. The van der Waals surface area contributed by atoms with Crippen LogP contribution in [0.15, 0.2) is 69.3 Å². The van der Waals surface area contributed by atoms with E-state index >= 15 is 0 Å². The quantitative estimate of drug-likeness (QED) is 0.169. The number of ether oxygens (including phenoxy) is 1. The van der Waals surface area contributed by atoms with Crippen LogP contribution in [0.5, 0.6) is 0 Å². The van der Waals surface area contributed by atoms with Gasteiger partial charge in [-0.1, -0.05) is 109 Å². The largest absolute Gasteiger partial charge is 0.385 e. The number of halogens is 1. The molecule has 2 rings (SSSR count). The lowest BCUT2D eigenvalue weighted by atomic mass is 9.97. The Balaban J connectivity index is -0.000000593. The van der Waals surface area contributed by atoms with Crippen LogP contribution in [-0.2, 0) is 11.2 Å². The molecular formula is C42H69FN2O2. The van der Waals surface area contributed by atoms with Gasteiger partial charge in [-0.2, -0.15) is 0 Å². The van der Waals surface area contributed by atoms with Crippen LogP contribution in [-0.4, -0.2) is 39.5 Å². The van der Waals surface area contributed by atoms with Crippen molar-refractivity contribution in [3.63, 3.8) is 0 Å². The molecule has 0 bridgehead atoms. The van der Waals surface area contributed by atoms with Crippen LogP contribution in [0.3, 0.4) is 0 Å². The van der Waals surface area contributed by atoms with E-state index < -0.39 is 0 Å². The van der Waals surface area contributed by atoms with Gasteiger partial charge >= 0.3 is 0 Å². The van der Waals surface area contributed by atoms with E-state index in [1.165, 1.54) is 55.4 Å². The van der Waals surface area contributed by atoms with Crippen molar-refractivity contribution in [3.8, 4) is 11.1 Å². The molecule has 0 N–H and O–H groups in total. The molecule has 0 spiro atoms. The van der Waals surface area contributed by atoms with Crippen molar-refractivity contribution in [2.45, 2.75) is 128 Å². The van der Waals surface area contributed by atoms with Gasteiger partial charge in [0.05, 0.1) is 0 Å². The number of Topliss-reactive ketones (excluding diaryl/α,β-unsaturated/α-hetero) is 1. The van der Waals surface area contributed by atoms with Gasteiger partial charge in [-0.25, -0.2) is 4.39 Å². The standard InChI is InChI=1S/C17H17FO.C11H19N.C8H18.C4H10O.C2H5N/c1-4-13-5-6-15(9-11(13)2)16-8-7-14(12(3)19)10-17(16)18;1-6-11(7-2)8-12-10(5)9(3)4;1-4-6-8(3)7-5-2;1-3-4-5-2;1-3-2/h5-10H,4H2,1-3H3;6,8H,7H2,1-5H3;8H,4-7H2,1-3H3;3-4H2,1-2H3;1H2,2H3/b;11-6-,12-8?;;;. The van der Waals surface area contributed by atoms with Gasteiger partial charge in [0.2, 0.25) is 0 Å². The molecule has 0 fully saturated rings. The summed E-state index contributed by atoms with van der Waals surface area (Å²) < 4.78 is 18.7. The second-order valence-electron chi connectivity index (χ2n) is 11.8. The molecule has 2 aromatic carbocycles. The Morgan fingerprint density at radius 1 is 0.957 bits per heavy atom. The highest BCUT2D eigenvalue weighted by molar-refractivity contribution is 5.94. The number of hydrogen-bond donors (Lipinski definition) is 0. The molecule has 47 heavy (non-hydrogen) atoms. The lowest BCUT2D eigenvalue weighted by Crippen LogP contribution is -1.95. The van der Waals surface area contributed by atoms with Gasteiger partial charge in [0.25, 0.3) is 0 Å². The van der Waals surface area contributed by atoms with Crippen molar-refractivity contribution >= 4 is 18.7 Å². The molecule has 0 heterocycles. The first-order valence-electron chi connectivity index (χ1n) is 17.4. The van der Waals surface area contributed by atoms with Gasteiger partial charge in [0.1, 0.15) is 5.82 Å². The van der Waals surface area contributed by atoms with Crippen molar-refractivity contribution in [1.82, 2.24) is 0 Å². The smallest absolute Gasteiger partial charge is 0.159 e. The molecule has 0 aliphatic heterocycles. The maximum Gasteiger partial charge on any atom is 0.159 e. The molecule has 4 nitrogen and oxygen atoms in total. The molecule has 0 saturated carbocycles. The average molecular weight is 653 g/mol. The number of allylic oxidation sites excluding steroid dienone is 4. The molecule has 0 saturated heterocycles. The number of methoxy groups -OCH3 is 1. The predicted molar refractivity (Wildman–Crippen MR) is 209 cm³/mol. The Hall–Kier alpha value is -3.18. The van der Waals surface area contributed by atoms with Crippen LogP contribution in [0.4, 0.5) is 4.39 Å². The number of carbonyl (C=O) groups excluding carboxylic acids is 1. The number of benzene rings is 2. The molecule has 0 atom stereocenters. The molecule has 0 radical (unpaired) electrons. The first-order chi connectivity index (χ1) is 22.3. The Labute approximate surface area is 289 Å². The molecule has 266 valence electrons. The van der Waals surface area contributed by atoms with Gasteiger partial charge in [0.15, 0.2) is 5.78 Å². The summed E-state index contributed by atoms with van der Waals surface area (Å²) in [5, 5.41) is 0. The summed E-state index contributed by atoms with van der Waals surface area (Å²) in [5.41, 5.74) is 7.90. The molecule has 0 aromatic heterocycles. The van der Waals surface area contributed by atoms with Crippen LogP contribution in [0.25, 0.3) is 11.1 Å². The minimum absolute atomic E-state index is 0.122. The van der Waals surface area contributed by atoms with Gasteiger partial charge < -0.3 is 9.73 Å². The first-order valence-corrected chi connectivity index (χ1v) is 17.4. The molecule has 0 unspecified atom stereocenters. The maximum absolute atomic E-state index is 14.1. The minimum Gasteiger partial charge on any atom is -0.385 e.